The SMILES string of the molecule is [3H]C1=C([3H])[C@@]2(C)C(=C([3H])C1=O)CC[C@H]1[C@@H]3C[C@@H](C)[C@](O)(C(=O)CO)[C@@]3(C)C[C@H](O)[C@@]12F. The molecule has 0 radical (unpaired) electrons. The van der Waals surface area contributed by atoms with Crippen LogP contribution >= 0.6 is 0 Å². The second-order valence-electron chi connectivity index (χ2n) is 9.45. The van der Waals surface area contributed by atoms with E-state index in [-0.39, 0.29) is 24.8 Å². The molecular formula is C22H29FO5. The Bertz CT molecular complexity index is 949. The Hall–Kier alpha value is -1.37. The highest BCUT2D eigenvalue weighted by molar-refractivity contribution is 6.01. The van der Waals surface area contributed by atoms with E-state index in [0.717, 1.165) is 0 Å². The van der Waals surface area contributed by atoms with Crippen LogP contribution in [-0.2, 0) is 9.59 Å². The molecule has 0 unspecified atom stereocenters. The van der Waals surface area contributed by atoms with Gasteiger partial charge in [0.05, 0.1) is 10.2 Å². The molecule has 3 saturated carbocycles. The minimum atomic E-state index is -2.44. The lowest BCUT2D eigenvalue weighted by molar-refractivity contribution is -0.219. The van der Waals surface area contributed by atoms with Crippen LogP contribution < -0.4 is 0 Å². The van der Waals surface area contributed by atoms with Gasteiger partial charge in [-0.05, 0) is 56.5 Å². The highest BCUT2D eigenvalue weighted by Crippen LogP contribution is 2.70. The van der Waals surface area contributed by atoms with Gasteiger partial charge in [-0.15, -0.1) is 0 Å². The number of Topliss-reactive ketones (excluding diaryl/α,β-unsaturated/α-hetero) is 1. The van der Waals surface area contributed by atoms with Crippen LogP contribution in [0.5, 0.6) is 0 Å². The minimum Gasteiger partial charge on any atom is -0.390 e. The second-order valence-corrected chi connectivity index (χ2v) is 9.45. The lowest BCUT2D eigenvalue weighted by atomic mass is 9.44. The molecule has 0 aromatic rings. The Labute approximate surface area is 168 Å². The van der Waals surface area contributed by atoms with Gasteiger partial charge in [0.1, 0.15) is 12.2 Å². The lowest BCUT2D eigenvalue weighted by Crippen LogP contribution is -2.69. The monoisotopic (exact) mass is 398 g/mol. The molecule has 0 aromatic carbocycles. The van der Waals surface area contributed by atoms with E-state index >= 15 is 4.39 Å². The van der Waals surface area contributed by atoms with E-state index in [2.05, 4.69) is 0 Å². The molecule has 154 valence electrons. The summed E-state index contributed by atoms with van der Waals surface area (Å²) in [5.74, 6) is -3.61. The summed E-state index contributed by atoms with van der Waals surface area (Å²) in [5, 5.41) is 32.1. The maximum atomic E-state index is 17.2. The van der Waals surface area contributed by atoms with Gasteiger partial charge in [0, 0.05) is 16.7 Å². The van der Waals surface area contributed by atoms with Gasteiger partial charge in [0.25, 0.3) is 0 Å². The number of allylic oxidation sites excluding steroid dienone is 4. The number of halogens is 1. The average Bonchev–Trinajstić information content (AvgIpc) is 2.93. The Morgan fingerprint density at radius 2 is 2.07 bits per heavy atom. The normalized spacial score (nSPS) is 55.1. The Balaban J connectivity index is 1.91. The smallest absolute Gasteiger partial charge is 0.190 e. The number of aliphatic hydroxyl groups is 3. The fourth-order valence-corrected chi connectivity index (χ4v) is 6.98. The zero-order valence-electron chi connectivity index (χ0n) is 19.4. The number of carbonyl (C=O) groups excluding carboxylic acids is 2. The number of hydrogen-bond acceptors (Lipinski definition) is 5. The number of fused-ring (bicyclic) bond motifs is 5. The maximum Gasteiger partial charge on any atom is 0.190 e. The third-order valence-electron chi connectivity index (χ3n) is 8.47. The molecule has 6 heteroatoms. The molecule has 4 aliphatic rings. The standard InChI is InChI=1S/C22H29FO5/c1-12-8-16-15-5-4-13-9-14(25)6-7-19(13,2)21(15,23)17(26)10-20(16,3)22(12,28)18(27)11-24/h6-7,9,12,15-17,24,26,28H,4-5,8,10-11H2,1-3H3/t12-,15+,16+,17+,19+,20+,21+,22+/m1/s1/i6T,7T,9T. The van der Waals surface area contributed by atoms with E-state index in [1.165, 1.54) is 6.92 Å². The molecule has 0 bridgehead atoms. The zero-order chi connectivity index (χ0) is 23.3. The van der Waals surface area contributed by atoms with Crippen LogP contribution in [0.25, 0.3) is 0 Å². The molecule has 0 spiro atoms. The molecule has 3 fully saturated rings. The molecular weight excluding hydrogens is 363 g/mol. The Morgan fingerprint density at radius 3 is 2.71 bits per heavy atom. The first-order valence-corrected chi connectivity index (χ1v) is 9.90. The van der Waals surface area contributed by atoms with Gasteiger partial charge >= 0.3 is 0 Å². The van der Waals surface area contributed by atoms with Crippen LogP contribution in [0.15, 0.2) is 23.7 Å². The molecule has 0 aliphatic heterocycles. The molecule has 0 amide bonds. The first kappa shape index (κ1) is 16.4. The summed E-state index contributed by atoms with van der Waals surface area (Å²) in [4.78, 5) is 24.9. The first-order valence-electron chi connectivity index (χ1n) is 11.4. The van der Waals surface area contributed by atoms with E-state index < -0.39 is 82.3 Å². The van der Waals surface area contributed by atoms with Crippen molar-refractivity contribution in [2.24, 2.45) is 28.6 Å². The van der Waals surface area contributed by atoms with E-state index in [9.17, 15) is 24.9 Å². The molecule has 0 saturated heterocycles. The van der Waals surface area contributed by atoms with Gasteiger partial charge in [0.15, 0.2) is 17.2 Å². The van der Waals surface area contributed by atoms with Crippen LogP contribution in [0.3, 0.4) is 0 Å². The zero-order valence-corrected chi connectivity index (χ0v) is 16.4. The summed E-state index contributed by atoms with van der Waals surface area (Å²) in [6.07, 6.45) is -1.33. The fraction of sp³-hybridized carbons (Fsp3) is 0.727. The van der Waals surface area contributed by atoms with Crippen LogP contribution in [0, 0.1) is 28.6 Å². The van der Waals surface area contributed by atoms with Crippen LogP contribution in [-0.4, -0.2) is 50.9 Å². The largest absolute Gasteiger partial charge is 0.390 e. The second kappa shape index (κ2) is 5.83. The highest BCUT2D eigenvalue weighted by atomic mass is 19.1. The lowest BCUT2D eigenvalue weighted by Gasteiger charge is -2.62. The van der Waals surface area contributed by atoms with E-state index in [1.54, 1.807) is 13.8 Å². The Morgan fingerprint density at radius 1 is 1.39 bits per heavy atom. The van der Waals surface area contributed by atoms with Crippen LogP contribution in [0.2, 0.25) is 0 Å². The summed E-state index contributed by atoms with van der Waals surface area (Å²) >= 11 is 0. The first-order chi connectivity index (χ1) is 14.2. The van der Waals surface area contributed by atoms with Gasteiger partial charge in [0.2, 0.25) is 0 Å². The van der Waals surface area contributed by atoms with Crippen molar-refractivity contribution in [2.45, 2.75) is 63.8 Å². The summed E-state index contributed by atoms with van der Waals surface area (Å²) in [6.45, 7) is 3.86. The van der Waals surface area contributed by atoms with Crippen molar-refractivity contribution in [1.82, 2.24) is 0 Å². The number of aliphatic hydroxyl groups excluding tert-OH is 2. The number of ketones is 2. The van der Waals surface area contributed by atoms with E-state index in [1.807, 2.05) is 0 Å². The van der Waals surface area contributed by atoms with Crippen LogP contribution in [0.4, 0.5) is 4.39 Å². The van der Waals surface area contributed by atoms with Crippen molar-refractivity contribution in [2.75, 3.05) is 6.61 Å². The third-order valence-corrected chi connectivity index (χ3v) is 8.47. The minimum absolute atomic E-state index is 0.132. The predicted molar refractivity (Wildman–Crippen MR) is 99.9 cm³/mol. The quantitative estimate of drug-likeness (QED) is 0.660. The molecule has 4 rings (SSSR count). The molecule has 3 N–H and O–H groups in total. The summed E-state index contributed by atoms with van der Waals surface area (Å²) in [7, 11) is 0. The fourth-order valence-electron chi connectivity index (χ4n) is 6.98. The Kier molecular flexibility index (Phi) is 3.42. The average molecular weight is 398 g/mol. The number of alkyl halides is 1. The van der Waals surface area contributed by atoms with Crippen molar-refractivity contribution >= 4 is 11.6 Å². The van der Waals surface area contributed by atoms with Gasteiger partial charge in [-0.1, -0.05) is 25.5 Å². The van der Waals surface area contributed by atoms with Crippen molar-refractivity contribution in [3.63, 3.8) is 0 Å². The molecule has 0 aromatic heterocycles. The van der Waals surface area contributed by atoms with Gasteiger partial charge in [-0.3, -0.25) is 9.59 Å². The summed E-state index contributed by atoms with van der Waals surface area (Å²) in [6, 6.07) is -1.75. The van der Waals surface area contributed by atoms with Crippen molar-refractivity contribution in [1.29, 1.82) is 0 Å². The number of hydrogen-bond donors (Lipinski definition) is 3. The summed E-state index contributed by atoms with van der Waals surface area (Å²) < 4.78 is 41.9. The number of rotatable bonds is 2. The predicted octanol–water partition coefficient (Wildman–Crippen LogP) is 1.90. The van der Waals surface area contributed by atoms with Crippen molar-refractivity contribution < 1.29 is 33.4 Å². The van der Waals surface area contributed by atoms with Crippen molar-refractivity contribution in [3.8, 4) is 0 Å². The third kappa shape index (κ3) is 2.01. The van der Waals surface area contributed by atoms with Gasteiger partial charge < -0.3 is 15.3 Å². The van der Waals surface area contributed by atoms with E-state index in [4.69, 9.17) is 4.11 Å². The van der Waals surface area contributed by atoms with Crippen molar-refractivity contribution in [3.05, 3.63) is 23.7 Å². The molecule has 8 atom stereocenters. The maximum absolute atomic E-state index is 17.2. The van der Waals surface area contributed by atoms with Gasteiger partial charge in [-0.2, -0.15) is 0 Å². The topological polar surface area (TPSA) is 94.8 Å². The number of carbonyl (C=O) groups is 2. The highest BCUT2D eigenvalue weighted by Gasteiger charge is 2.75. The molecule has 28 heavy (non-hydrogen) atoms. The van der Waals surface area contributed by atoms with Crippen LogP contribution in [0.1, 0.15) is 50.6 Å². The molecule has 4 aliphatic carbocycles. The molecule has 0 heterocycles. The van der Waals surface area contributed by atoms with Gasteiger partial charge in [-0.25, -0.2) is 4.39 Å². The van der Waals surface area contributed by atoms with E-state index in [0.29, 0.717) is 6.42 Å². The molecule has 5 nitrogen and oxygen atoms in total. The summed E-state index contributed by atoms with van der Waals surface area (Å²) in [5.41, 5.74) is -7.23.